The summed E-state index contributed by atoms with van der Waals surface area (Å²) in [6.07, 6.45) is 1.85. The van der Waals surface area contributed by atoms with E-state index in [2.05, 4.69) is 10.3 Å². The number of aromatic hydroxyl groups is 1. The predicted molar refractivity (Wildman–Crippen MR) is 70.4 cm³/mol. The number of pyridine rings is 1. The minimum atomic E-state index is -1.20. The van der Waals surface area contributed by atoms with E-state index in [1.54, 1.807) is 20.8 Å². The second-order valence-corrected chi connectivity index (χ2v) is 5.29. The molecular weight excluding hydrogens is 264 g/mol. The third kappa shape index (κ3) is 5.55. The van der Waals surface area contributed by atoms with Crippen molar-refractivity contribution in [3.8, 4) is 5.75 Å². The van der Waals surface area contributed by atoms with E-state index < -0.39 is 23.7 Å². The van der Waals surface area contributed by atoms with Gasteiger partial charge in [-0.15, -0.1) is 0 Å². The molecule has 1 aromatic heterocycles. The predicted octanol–water partition coefficient (Wildman–Crippen LogP) is 1.31. The smallest absolute Gasteiger partial charge is 0.408 e. The molecule has 7 heteroatoms. The van der Waals surface area contributed by atoms with Crippen LogP contribution in [0.25, 0.3) is 0 Å². The van der Waals surface area contributed by atoms with Crippen molar-refractivity contribution in [2.24, 2.45) is 0 Å². The van der Waals surface area contributed by atoms with E-state index in [4.69, 9.17) is 9.84 Å². The summed E-state index contributed by atoms with van der Waals surface area (Å²) in [7, 11) is 0. The van der Waals surface area contributed by atoms with Crippen LogP contribution in [0.3, 0.4) is 0 Å². The van der Waals surface area contributed by atoms with Crippen LogP contribution in [0.4, 0.5) is 4.79 Å². The van der Waals surface area contributed by atoms with Gasteiger partial charge in [-0.05, 0) is 32.4 Å². The highest BCUT2D eigenvalue weighted by Gasteiger charge is 2.24. The van der Waals surface area contributed by atoms with Gasteiger partial charge in [0.2, 0.25) is 0 Å². The van der Waals surface area contributed by atoms with Crippen LogP contribution < -0.4 is 5.32 Å². The molecule has 1 aromatic rings. The molecule has 1 atom stereocenters. The highest BCUT2D eigenvalue weighted by molar-refractivity contribution is 5.80. The molecule has 7 nitrogen and oxygen atoms in total. The first-order valence-corrected chi connectivity index (χ1v) is 6.02. The highest BCUT2D eigenvalue weighted by atomic mass is 16.6. The molecule has 3 N–H and O–H groups in total. The number of carboxylic acids is 1. The normalized spacial score (nSPS) is 12.6. The van der Waals surface area contributed by atoms with Crippen LogP contribution in [0.15, 0.2) is 18.5 Å². The lowest BCUT2D eigenvalue weighted by molar-refractivity contribution is -0.139. The van der Waals surface area contributed by atoms with Gasteiger partial charge >= 0.3 is 12.1 Å². The number of nitrogens with one attached hydrogen (secondary N) is 1. The van der Waals surface area contributed by atoms with E-state index >= 15 is 0 Å². The van der Waals surface area contributed by atoms with Gasteiger partial charge < -0.3 is 20.3 Å². The highest BCUT2D eigenvalue weighted by Crippen LogP contribution is 2.11. The van der Waals surface area contributed by atoms with Gasteiger partial charge in [0.25, 0.3) is 0 Å². The number of hydrogen-bond acceptors (Lipinski definition) is 5. The monoisotopic (exact) mass is 282 g/mol. The summed E-state index contributed by atoms with van der Waals surface area (Å²) in [4.78, 5) is 26.5. The Morgan fingerprint density at radius 2 is 2.05 bits per heavy atom. The molecule has 110 valence electrons. The largest absolute Gasteiger partial charge is 0.506 e. The molecule has 0 spiro atoms. The van der Waals surface area contributed by atoms with Crippen molar-refractivity contribution in [3.05, 3.63) is 24.0 Å². The first-order chi connectivity index (χ1) is 9.17. The lowest BCUT2D eigenvalue weighted by atomic mass is 10.1. The van der Waals surface area contributed by atoms with Crippen molar-refractivity contribution >= 4 is 12.1 Å². The van der Waals surface area contributed by atoms with E-state index in [0.717, 1.165) is 0 Å². The van der Waals surface area contributed by atoms with E-state index in [1.807, 2.05) is 0 Å². The lowest BCUT2D eigenvalue weighted by Gasteiger charge is -2.22. The Morgan fingerprint density at radius 1 is 1.40 bits per heavy atom. The first kappa shape index (κ1) is 15.7. The van der Waals surface area contributed by atoms with Crippen molar-refractivity contribution < 1.29 is 24.5 Å². The molecule has 1 rings (SSSR count). The molecule has 0 radical (unpaired) electrons. The van der Waals surface area contributed by atoms with Gasteiger partial charge in [0.05, 0.1) is 6.20 Å². The Kier molecular flexibility index (Phi) is 4.90. The van der Waals surface area contributed by atoms with Gasteiger partial charge in [0.1, 0.15) is 17.4 Å². The molecule has 0 saturated carbocycles. The van der Waals surface area contributed by atoms with Crippen molar-refractivity contribution in [3.63, 3.8) is 0 Å². The van der Waals surface area contributed by atoms with Crippen LogP contribution in [0.1, 0.15) is 26.3 Å². The van der Waals surface area contributed by atoms with Crippen LogP contribution in [-0.2, 0) is 16.0 Å². The number of rotatable bonds is 4. The molecule has 0 aliphatic carbocycles. The number of alkyl carbamates (subject to hydrolysis) is 1. The van der Waals surface area contributed by atoms with E-state index in [9.17, 15) is 14.7 Å². The summed E-state index contributed by atoms with van der Waals surface area (Å²) in [6, 6.07) is 0.230. The average Bonchev–Trinajstić information content (AvgIpc) is 2.25. The fraction of sp³-hybridized carbons (Fsp3) is 0.462. The first-order valence-electron chi connectivity index (χ1n) is 6.02. The maximum atomic E-state index is 11.6. The Balaban J connectivity index is 2.71. The van der Waals surface area contributed by atoms with Gasteiger partial charge in [-0.3, -0.25) is 4.98 Å². The van der Waals surface area contributed by atoms with Gasteiger partial charge in [0.15, 0.2) is 0 Å². The third-order valence-corrected chi connectivity index (χ3v) is 2.21. The topological polar surface area (TPSA) is 109 Å². The van der Waals surface area contributed by atoms with Crippen LogP contribution in [0.2, 0.25) is 0 Å². The maximum absolute atomic E-state index is 11.6. The molecule has 0 saturated heterocycles. The van der Waals surface area contributed by atoms with E-state index in [0.29, 0.717) is 5.56 Å². The number of nitrogens with zero attached hydrogens (tertiary/aromatic N) is 1. The summed E-state index contributed by atoms with van der Waals surface area (Å²) in [5.41, 5.74) is -0.215. The molecule has 0 aliphatic rings. The van der Waals surface area contributed by atoms with Crippen LogP contribution in [-0.4, -0.2) is 38.9 Å². The Labute approximate surface area is 116 Å². The van der Waals surface area contributed by atoms with Gasteiger partial charge in [0, 0.05) is 12.6 Å². The number of carboxylic acid groups (broad SMARTS) is 1. The van der Waals surface area contributed by atoms with Crippen LogP contribution in [0.5, 0.6) is 5.75 Å². The standard InChI is InChI=1S/C13H18N2O5/c1-13(2,3)20-12(19)15-10(11(17)18)5-8-4-9(16)7-14-6-8/h4,6-7,10,16H,5H2,1-3H3,(H,15,19)(H,17,18). The van der Waals surface area contributed by atoms with Crippen LogP contribution in [0, 0.1) is 0 Å². The van der Waals surface area contributed by atoms with E-state index in [-0.39, 0.29) is 12.2 Å². The van der Waals surface area contributed by atoms with Crippen molar-refractivity contribution in [1.82, 2.24) is 10.3 Å². The number of amides is 1. The number of aromatic nitrogens is 1. The quantitative estimate of drug-likeness (QED) is 0.768. The minimum absolute atomic E-state index is 0.00399. The summed E-state index contributed by atoms with van der Waals surface area (Å²) in [5, 5.41) is 20.6. The molecular formula is C13H18N2O5. The Morgan fingerprint density at radius 3 is 2.55 bits per heavy atom. The summed E-state index contributed by atoms with van der Waals surface area (Å²) < 4.78 is 5.00. The fourth-order valence-corrected chi connectivity index (χ4v) is 1.47. The zero-order chi connectivity index (χ0) is 15.3. The number of aliphatic carboxylic acids is 1. The van der Waals surface area contributed by atoms with Crippen molar-refractivity contribution in [2.45, 2.75) is 38.8 Å². The van der Waals surface area contributed by atoms with Crippen LogP contribution >= 0.6 is 0 Å². The molecule has 1 unspecified atom stereocenters. The zero-order valence-corrected chi connectivity index (χ0v) is 11.6. The minimum Gasteiger partial charge on any atom is -0.506 e. The van der Waals surface area contributed by atoms with Gasteiger partial charge in [-0.1, -0.05) is 0 Å². The molecule has 1 amide bonds. The zero-order valence-electron chi connectivity index (χ0n) is 11.6. The fourth-order valence-electron chi connectivity index (χ4n) is 1.47. The number of hydrogen-bond donors (Lipinski definition) is 3. The number of carbonyl (C=O) groups is 2. The summed E-state index contributed by atoms with van der Waals surface area (Å²) in [5.74, 6) is -1.26. The third-order valence-electron chi connectivity index (χ3n) is 2.21. The molecule has 0 aromatic carbocycles. The second kappa shape index (κ2) is 6.23. The molecule has 1 heterocycles. The second-order valence-electron chi connectivity index (χ2n) is 5.29. The number of ether oxygens (including phenoxy) is 1. The van der Waals surface area contributed by atoms with Crippen molar-refractivity contribution in [1.29, 1.82) is 0 Å². The SMILES string of the molecule is CC(C)(C)OC(=O)NC(Cc1cncc(O)c1)C(=O)O. The van der Waals surface area contributed by atoms with E-state index in [1.165, 1.54) is 18.5 Å². The summed E-state index contributed by atoms with van der Waals surface area (Å²) in [6.45, 7) is 5.05. The van der Waals surface area contributed by atoms with Gasteiger partial charge in [-0.2, -0.15) is 0 Å². The van der Waals surface area contributed by atoms with Gasteiger partial charge in [-0.25, -0.2) is 9.59 Å². The Hall–Kier alpha value is -2.31. The number of carbonyl (C=O) groups excluding carboxylic acids is 1. The molecule has 0 fully saturated rings. The lowest BCUT2D eigenvalue weighted by Crippen LogP contribution is -2.44. The van der Waals surface area contributed by atoms with Crippen molar-refractivity contribution in [2.75, 3.05) is 0 Å². The molecule has 20 heavy (non-hydrogen) atoms. The molecule has 0 aliphatic heterocycles. The average molecular weight is 282 g/mol. The summed E-state index contributed by atoms with van der Waals surface area (Å²) >= 11 is 0. The molecule has 0 bridgehead atoms. The maximum Gasteiger partial charge on any atom is 0.408 e. The Bertz CT molecular complexity index is 496.